The standard InChI is InChI=1S/C31H44N4O5S/c1-33(2)18-25-26(39-5)15-20(16-27(25)40-6)24-19-35(4)31(38)23-17-28(41-29(23)24)30(37)32-21-9-11-22(12-10-21)34(3)13-7-8-14-36/h15-17,19,21-22,36H,7-14,18H2,1-6H3,(H,32,37). The van der Waals surface area contributed by atoms with Gasteiger partial charge in [0.15, 0.2) is 0 Å². The Bertz CT molecular complexity index is 1380. The van der Waals surface area contributed by atoms with E-state index in [2.05, 4.69) is 22.2 Å². The monoisotopic (exact) mass is 584 g/mol. The number of hydrogen-bond acceptors (Lipinski definition) is 8. The molecule has 0 bridgehead atoms. The summed E-state index contributed by atoms with van der Waals surface area (Å²) < 4.78 is 13.8. The van der Waals surface area contributed by atoms with Crippen molar-refractivity contribution in [2.45, 2.75) is 57.2 Å². The molecule has 0 unspecified atom stereocenters. The van der Waals surface area contributed by atoms with Crippen LogP contribution in [0.5, 0.6) is 11.5 Å². The Kier molecular flexibility index (Phi) is 10.5. The summed E-state index contributed by atoms with van der Waals surface area (Å²) in [7, 11) is 11.2. The Labute approximate surface area is 246 Å². The van der Waals surface area contributed by atoms with Crippen molar-refractivity contribution < 1.29 is 19.4 Å². The number of benzene rings is 1. The summed E-state index contributed by atoms with van der Waals surface area (Å²) in [4.78, 5) is 31.5. The molecule has 224 valence electrons. The minimum Gasteiger partial charge on any atom is -0.496 e. The molecule has 41 heavy (non-hydrogen) atoms. The van der Waals surface area contributed by atoms with E-state index in [1.54, 1.807) is 31.9 Å². The van der Waals surface area contributed by atoms with Gasteiger partial charge in [0.25, 0.3) is 11.5 Å². The zero-order chi connectivity index (χ0) is 29.7. The van der Waals surface area contributed by atoms with Crippen LogP contribution in [0.25, 0.3) is 21.2 Å². The molecule has 2 heterocycles. The molecular weight excluding hydrogens is 540 g/mol. The molecule has 0 spiro atoms. The fourth-order valence-corrected chi connectivity index (χ4v) is 6.84. The molecule has 1 amide bonds. The number of pyridine rings is 1. The first-order valence-corrected chi connectivity index (χ1v) is 15.1. The largest absolute Gasteiger partial charge is 0.496 e. The van der Waals surface area contributed by atoms with Gasteiger partial charge in [0.2, 0.25) is 0 Å². The number of nitrogens with one attached hydrogen (secondary N) is 1. The number of hydrogen-bond donors (Lipinski definition) is 2. The molecule has 9 nitrogen and oxygen atoms in total. The number of aromatic nitrogens is 1. The number of ether oxygens (including phenoxy) is 2. The molecule has 1 aromatic carbocycles. The molecule has 0 atom stereocenters. The molecule has 0 radical (unpaired) electrons. The van der Waals surface area contributed by atoms with Gasteiger partial charge in [-0.1, -0.05) is 0 Å². The zero-order valence-corrected chi connectivity index (χ0v) is 26.0. The smallest absolute Gasteiger partial charge is 0.261 e. The van der Waals surface area contributed by atoms with Crippen molar-refractivity contribution in [1.82, 2.24) is 19.7 Å². The van der Waals surface area contributed by atoms with Crippen molar-refractivity contribution >= 4 is 27.3 Å². The lowest BCUT2D eigenvalue weighted by Gasteiger charge is -2.35. The number of unbranched alkanes of at least 4 members (excludes halogenated alkanes) is 1. The van der Waals surface area contributed by atoms with Gasteiger partial charge in [-0.25, -0.2) is 0 Å². The van der Waals surface area contributed by atoms with E-state index in [0.29, 0.717) is 34.3 Å². The molecule has 0 aliphatic heterocycles. The third-order valence-electron chi connectivity index (χ3n) is 8.04. The van der Waals surface area contributed by atoms with Crippen LogP contribution in [-0.4, -0.2) is 86.0 Å². The first-order chi connectivity index (χ1) is 19.7. The summed E-state index contributed by atoms with van der Waals surface area (Å²) >= 11 is 1.35. The van der Waals surface area contributed by atoms with Crippen LogP contribution in [-0.2, 0) is 13.6 Å². The van der Waals surface area contributed by atoms with Crippen LogP contribution in [0.1, 0.15) is 53.8 Å². The summed E-state index contributed by atoms with van der Waals surface area (Å²) in [5, 5.41) is 12.8. The Morgan fingerprint density at radius 1 is 1.07 bits per heavy atom. The minimum atomic E-state index is -0.132. The van der Waals surface area contributed by atoms with Crippen LogP contribution in [0.2, 0.25) is 0 Å². The molecule has 3 aromatic rings. The Balaban J connectivity index is 1.57. The topological polar surface area (TPSA) is 96.3 Å². The van der Waals surface area contributed by atoms with Crippen molar-refractivity contribution in [2.24, 2.45) is 7.05 Å². The molecule has 0 saturated heterocycles. The van der Waals surface area contributed by atoms with Gasteiger partial charge in [-0.05, 0) is 90.0 Å². The summed E-state index contributed by atoms with van der Waals surface area (Å²) in [6.07, 6.45) is 7.57. The average Bonchev–Trinajstić information content (AvgIpc) is 3.41. The fourth-order valence-electron chi connectivity index (χ4n) is 5.75. The molecule has 2 aromatic heterocycles. The molecule has 1 fully saturated rings. The van der Waals surface area contributed by atoms with Crippen molar-refractivity contribution in [3.8, 4) is 22.6 Å². The third-order valence-corrected chi connectivity index (χ3v) is 9.21. The number of nitrogens with zero attached hydrogens (tertiary/aromatic N) is 3. The van der Waals surface area contributed by atoms with E-state index in [9.17, 15) is 9.59 Å². The normalized spacial score (nSPS) is 17.4. The van der Waals surface area contributed by atoms with Gasteiger partial charge in [-0.2, -0.15) is 0 Å². The molecule has 4 rings (SSSR count). The molecule has 2 N–H and O–H groups in total. The van der Waals surface area contributed by atoms with Crippen LogP contribution >= 0.6 is 11.3 Å². The lowest BCUT2D eigenvalue weighted by Crippen LogP contribution is -2.42. The highest BCUT2D eigenvalue weighted by Gasteiger charge is 2.26. The van der Waals surface area contributed by atoms with Gasteiger partial charge in [0, 0.05) is 48.7 Å². The van der Waals surface area contributed by atoms with Gasteiger partial charge in [-0.3, -0.25) is 9.59 Å². The lowest BCUT2D eigenvalue weighted by atomic mass is 9.90. The predicted molar refractivity (Wildman–Crippen MR) is 165 cm³/mol. The van der Waals surface area contributed by atoms with Gasteiger partial charge < -0.3 is 34.3 Å². The number of aryl methyl sites for hydroxylation is 1. The second kappa shape index (κ2) is 13.8. The third kappa shape index (κ3) is 7.12. The van der Waals surface area contributed by atoms with E-state index < -0.39 is 0 Å². The maximum atomic E-state index is 13.4. The van der Waals surface area contributed by atoms with Gasteiger partial charge in [0.1, 0.15) is 11.5 Å². The Morgan fingerprint density at radius 3 is 2.32 bits per heavy atom. The molecule has 10 heteroatoms. The Hall–Kier alpha value is -2.92. The zero-order valence-electron chi connectivity index (χ0n) is 25.2. The predicted octanol–water partition coefficient (Wildman–Crippen LogP) is 4.09. The second-order valence-corrected chi connectivity index (χ2v) is 12.4. The van der Waals surface area contributed by atoms with Crippen LogP contribution in [0.15, 0.2) is 29.2 Å². The van der Waals surface area contributed by atoms with E-state index in [-0.39, 0.29) is 24.1 Å². The fraction of sp³-hybridized carbons (Fsp3) is 0.548. The highest BCUT2D eigenvalue weighted by Crippen LogP contribution is 2.39. The minimum absolute atomic E-state index is 0.120. The van der Waals surface area contributed by atoms with Gasteiger partial charge in [-0.15, -0.1) is 11.3 Å². The van der Waals surface area contributed by atoms with Crippen LogP contribution < -0.4 is 20.3 Å². The number of thiophene rings is 1. The lowest BCUT2D eigenvalue weighted by molar-refractivity contribution is 0.0915. The summed E-state index contributed by atoms with van der Waals surface area (Å²) in [6.45, 7) is 1.88. The van der Waals surface area contributed by atoms with Crippen molar-refractivity contribution in [2.75, 3.05) is 48.5 Å². The molecular formula is C31H44N4O5S. The Morgan fingerprint density at radius 2 is 1.73 bits per heavy atom. The quantitative estimate of drug-likeness (QED) is 0.310. The van der Waals surface area contributed by atoms with E-state index >= 15 is 0 Å². The number of rotatable bonds is 12. The number of carbonyl (C=O) groups excluding carboxylic acids is 1. The van der Waals surface area contributed by atoms with E-state index in [0.717, 1.165) is 66.5 Å². The number of carbonyl (C=O) groups is 1. The maximum absolute atomic E-state index is 13.4. The highest BCUT2D eigenvalue weighted by molar-refractivity contribution is 7.21. The van der Waals surface area contributed by atoms with Crippen LogP contribution in [0.4, 0.5) is 0 Å². The number of methoxy groups -OCH3 is 2. The second-order valence-electron chi connectivity index (χ2n) is 11.3. The van der Waals surface area contributed by atoms with Crippen LogP contribution in [0, 0.1) is 0 Å². The molecule has 1 aliphatic carbocycles. The first kappa shape index (κ1) is 31.0. The van der Waals surface area contributed by atoms with Gasteiger partial charge in [0.05, 0.1) is 30.0 Å². The van der Waals surface area contributed by atoms with Crippen molar-refractivity contribution in [1.29, 1.82) is 0 Å². The van der Waals surface area contributed by atoms with E-state index in [1.807, 2.05) is 32.4 Å². The highest BCUT2D eigenvalue weighted by atomic mass is 32.1. The van der Waals surface area contributed by atoms with Gasteiger partial charge >= 0.3 is 0 Å². The maximum Gasteiger partial charge on any atom is 0.261 e. The number of amides is 1. The SMILES string of the molecule is COc1cc(-c2cn(C)c(=O)c3cc(C(=O)NC4CCC(N(C)CCCCO)CC4)sc23)cc(OC)c1CN(C)C. The van der Waals surface area contributed by atoms with Crippen molar-refractivity contribution in [3.05, 3.63) is 45.2 Å². The summed E-state index contributed by atoms with van der Waals surface area (Å²) in [5.41, 5.74) is 2.52. The van der Waals surface area contributed by atoms with Crippen molar-refractivity contribution in [3.63, 3.8) is 0 Å². The van der Waals surface area contributed by atoms with Crippen LogP contribution in [0.3, 0.4) is 0 Å². The number of fused-ring (bicyclic) bond motifs is 1. The number of aliphatic hydroxyl groups is 1. The first-order valence-electron chi connectivity index (χ1n) is 14.3. The molecule has 1 saturated carbocycles. The van der Waals surface area contributed by atoms with E-state index in [1.165, 1.54) is 11.3 Å². The summed E-state index contributed by atoms with van der Waals surface area (Å²) in [6, 6.07) is 6.31. The average molecular weight is 585 g/mol. The number of aliphatic hydroxyl groups excluding tert-OH is 1. The summed E-state index contributed by atoms with van der Waals surface area (Å²) in [5.74, 6) is 1.29. The molecule has 1 aliphatic rings. The van der Waals surface area contributed by atoms with E-state index in [4.69, 9.17) is 14.6 Å².